The fourth-order valence-electron chi connectivity index (χ4n) is 2.54. The Balaban J connectivity index is 2.16. The SMILES string of the molecule is C=C(Cl)COc1ccc(Br)cc1CN(CC)c1ccc(CCCC)nn1. The first-order valence-corrected chi connectivity index (χ1v) is 10.0. The minimum absolute atomic E-state index is 0.286. The van der Waals surface area contributed by atoms with Gasteiger partial charge in [-0.15, -0.1) is 5.10 Å². The molecule has 0 unspecified atom stereocenters. The van der Waals surface area contributed by atoms with Crippen LogP contribution in [0.3, 0.4) is 0 Å². The monoisotopic (exact) mass is 437 g/mol. The molecule has 0 spiro atoms. The Bertz CT molecular complexity index is 721. The number of benzene rings is 1. The summed E-state index contributed by atoms with van der Waals surface area (Å²) < 4.78 is 6.78. The third-order valence-electron chi connectivity index (χ3n) is 3.97. The van der Waals surface area contributed by atoms with Gasteiger partial charge in [-0.3, -0.25) is 0 Å². The van der Waals surface area contributed by atoms with Gasteiger partial charge in [0, 0.05) is 28.2 Å². The fraction of sp³-hybridized carbons (Fsp3) is 0.400. The highest BCUT2D eigenvalue weighted by molar-refractivity contribution is 9.10. The van der Waals surface area contributed by atoms with E-state index in [0.29, 0.717) is 11.6 Å². The number of aryl methyl sites for hydroxylation is 1. The number of hydrogen-bond acceptors (Lipinski definition) is 4. The minimum Gasteiger partial charge on any atom is -0.488 e. The molecule has 2 rings (SSSR count). The average molecular weight is 439 g/mol. The lowest BCUT2D eigenvalue weighted by Crippen LogP contribution is -2.24. The summed E-state index contributed by atoms with van der Waals surface area (Å²) >= 11 is 9.37. The summed E-state index contributed by atoms with van der Waals surface area (Å²) in [4.78, 5) is 2.17. The normalized spacial score (nSPS) is 10.6. The van der Waals surface area contributed by atoms with Crippen molar-refractivity contribution in [2.75, 3.05) is 18.1 Å². The van der Waals surface area contributed by atoms with Gasteiger partial charge in [0.15, 0.2) is 5.82 Å². The zero-order chi connectivity index (χ0) is 18.9. The summed E-state index contributed by atoms with van der Waals surface area (Å²) in [5, 5.41) is 9.25. The third kappa shape index (κ3) is 6.29. The Morgan fingerprint density at radius 2 is 2.04 bits per heavy atom. The van der Waals surface area contributed by atoms with Crippen molar-refractivity contribution in [1.82, 2.24) is 10.2 Å². The van der Waals surface area contributed by atoms with Crippen molar-refractivity contribution in [1.29, 1.82) is 0 Å². The van der Waals surface area contributed by atoms with Crippen molar-refractivity contribution in [2.24, 2.45) is 0 Å². The van der Waals surface area contributed by atoms with Crippen LogP contribution in [-0.2, 0) is 13.0 Å². The molecule has 0 N–H and O–H groups in total. The van der Waals surface area contributed by atoms with E-state index >= 15 is 0 Å². The van der Waals surface area contributed by atoms with Gasteiger partial charge in [0.25, 0.3) is 0 Å². The number of ether oxygens (including phenoxy) is 1. The molecule has 0 saturated carbocycles. The van der Waals surface area contributed by atoms with Crippen molar-refractivity contribution in [3.05, 3.63) is 57.7 Å². The number of halogens is 2. The van der Waals surface area contributed by atoms with Gasteiger partial charge in [0.2, 0.25) is 0 Å². The zero-order valence-electron chi connectivity index (χ0n) is 15.3. The predicted molar refractivity (Wildman–Crippen MR) is 112 cm³/mol. The van der Waals surface area contributed by atoms with E-state index in [1.807, 2.05) is 18.2 Å². The number of rotatable bonds is 10. The van der Waals surface area contributed by atoms with Gasteiger partial charge in [-0.1, -0.05) is 47.5 Å². The molecule has 0 aliphatic rings. The zero-order valence-corrected chi connectivity index (χ0v) is 17.7. The highest BCUT2D eigenvalue weighted by Crippen LogP contribution is 2.26. The van der Waals surface area contributed by atoms with Crippen LogP contribution in [0.2, 0.25) is 0 Å². The number of unbranched alkanes of at least 4 members (excludes halogenated alkanes) is 1. The molecule has 1 aromatic carbocycles. The lowest BCUT2D eigenvalue weighted by atomic mass is 10.1. The maximum atomic E-state index is 5.83. The Morgan fingerprint density at radius 1 is 1.23 bits per heavy atom. The van der Waals surface area contributed by atoms with Crippen molar-refractivity contribution in [3.63, 3.8) is 0 Å². The number of nitrogens with zero attached hydrogens (tertiary/aromatic N) is 3. The first kappa shape index (κ1) is 20.7. The van der Waals surface area contributed by atoms with Gasteiger partial charge in [0.1, 0.15) is 12.4 Å². The summed E-state index contributed by atoms with van der Waals surface area (Å²) in [6.07, 6.45) is 3.27. The second-order valence-electron chi connectivity index (χ2n) is 6.06. The maximum Gasteiger partial charge on any atom is 0.151 e. The highest BCUT2D eigenvalue weighted by atomic mass is 79.9. The highest BCUT2D eigenvalue weighted by Gasteiger charge is 2.12. The maximum absolute atomic E-state index is 5.83. The molecule has 0 amide bonds. The van der Waals surface area contributed by atoms with Gasteiger partial charge < -0.3 is 9.64 Å². The molecule has 0 atom stereocenters. The largest absolute Gasteiger partial charge is 0.488 e. The number of hydrogen-bond donors (Lipinski definition) is 0. The van der Waals surface area contributed by atoms with Crippen LogP contribution in [0.4, 0.5) is 5.82 Å². The molecule has 140 valence electrons. The molecule has 4 nitrogen and oxygen atoms in total. The average Bonchev–Trinajstić information content (AvgIpc) is 2.64. The molecule has 1 heterocycles. The van der Waals surface area contributed by atoms with E-state index in [4.69, 9.17) is 16.3 Å². The van der Waals surface area contributed by atoms with Gasteiger partial charge in [-0.25, -0.2) is 0 Å². The molecule has 0 aliphatic carbocycles. The van der Waals surface area contributed by atoms with Gasteiger partial charge in [-0.2, -0.15) is 5.10 Å². The minimum atomic E-state index is 0.286. The van der Waals surface area contributed by atoms with Crippen LogP contribution in [0.25, 0.3) is 0 Å². The van der Waals surface area contributed by atoms with Crippen LogP contribution in [0.5, 0.6) is 5.75 Å². The van der Waals surface area contributed by atoms with Gasteiger partial charge in [-0.05, 0) is 50.1 Å². The third-order valence-corrected chi connectivity index (χ3v) is 4.57. The van der Waals surface area contributed by atoms with Crippen LogP contribution >= 0.6 is 27.5 Å². The molecule has 2 aromatic rings. The Morgan fingerprint density at radius 3 is 2.65 bits per heavy atom. The Kier molecular flexibility index (Phi) is 8.39. The standard InChI is InChI=1S/C20H25BrClN3O/c1-4-6-7-18-9-11-20(24-23-18)25(5-2)13-16-12-17(21)8-10-19(16)26-14-15(3)22/h8-12H,3-7,13-14H2,1-2H3. The van der Waals surface area contributed by atoms with E-state index in [1.54, 1.807) is 0 Å². The molecular weight excluding hydrogens is 414 g/mol. The molecule has 0 bridgehead atoms. The summed E-state index contributed by atoms with van der Waals surface area (Å²) in [6, 6.07) is 10.1. The van der Waals surface area contributed by atoms with Crippen LogP contribution in [0.15, 0.2) is 46.4 Å². The van der Waals surface area contributed by atoms with E-state index in [1.165, 1.54) is 0 Å². The van der Waals surface area contributed by atoms with Crippen molar-refractivity contribution < 1.29 is 4.74 Å². The number of anilines is 1. The number of aromatic nitrogens is 2. The lowest BCUT2D eigenvalue weighted by Gasteiger charge is -2.23. The van der Waals surface area contributed by atoms with Crippen LogP contribution in [-0.4, -0.2) is 23.3 Å². The molecule has 0 aliphatic heterocycles. The van der Waals surface area contributed by atoms with E-state index in [9.17, 15) is 0 Å². The van der Waals surface area contributed by atoms with E-state index in [-0.39, 0.29) is 6.61 Å². The van der Waals surface area contributed by atoms with Crippen molar-refractivity contribution in [2.45, 2.75) is 39.7 Å². The quantitative estimate of drug-likeness (QED) is 0.474. The molecule has 26 heavy (non-hydrogen) atoms. The van der Waals surface area contributed by atoms with Gasteiger partial charge in [0.05, 0.1) is 5.69 Å². The van der Waals surface area contributed by atoms with Gasteiger partial charge >= 0.3 is 0 Å². The van der Waals surface area contributed by atoms with Crippen LogP contribution in [0, 0.1) is 0 Å². The summed E-state index contributed by atoms with van der Waals surface area (Å²) in [7, 11) is 0. The topological polar surface area (TPSA) is 38.2 Å². The molecule has 0 radical (unpaired) electrons. The van der Waals surface area contributed by atoms with Crippen molar-refractivity contribution >= 4 is 33.3 Å². The second kappa shape index (κ2) is 10.5. The lowest BCUT2D eigenvalue weighted by molar-refractivity contribution is 0.355. The second-order valence-corrected chi connectivity index (χ2v) is 7.51. The Labute approximate surface area is 169 Å². The predicted octanol–water partition coefficient (Wildman–Crippen LogP) is 5.74. The summed E-state index contributed by atoms with van der Waals surface area (Å²) in [5.41, 5.74) is 2.09. The summed E-state index contributed by atoms with van der Waals surface area (Å²) in [6.45, 7) is 9.73. The van der Waals surface area contributed by atoms with Crippen molar-refractivity contribution in [3.8, 4) is 5.75 Å². The smallest absolute Gasteiger partial charge is 0.151 e. The molecule has 6 heteroatoms. The Hall–Kier alpha value is -1.59. The molecule has 0 fully saturated rings. The van der Waals surface area contributed by atoms with E-state index in [2.05, 4.69) is 63.6 Å². The molecule has 0 saturated heterocycles. The van der Waals surface area contributed by atoms with Crippen LogP contribution in [0.1, 0.15) is 37.9 Å². The van der Waals surface area contributed by atoms with E-state index in [0.717, 1.165) is 53.1 Å². The first-order valence-electron chi connectivity index (χ1n) is 8.85. The summed E-state index contributed by atoms with van der Waals surface area (Å²) in [5.74, 6) is 1.65. The fourth-order valence-corrected chi connectivity index (χ4v) is 3.00. The van der Waals surface area contributed by atoms with E-state index < -0.39 is 0 Å². The molecular formula is C20H25BrClN3O. The molecule has 1 aromatic heterocycles. The first-order chi connectivity index (χ1) is 12.5. The van der Waals surface area contributed by atoms with Crippen LogP contribution < -0.4 is 9.64 Å².